The molecule has 7 heteroatoms. The van der Waals surface area contributed by atoms with Crippen LogP contribution in [0.1, 0.15) is 20.8 Å². The van der Waals surface area contributed by atoms with Crippen molar-refractivity contribution < 1.29 is 14.3 Å². The second-order valence-electron chi connectivity index (χ2n) is 7.21. The molecule has 0 spiro atoms. The van der Waals surface area contributed by atoms with Gasteiger partial charge in [0.25, 0.3) is 0 Å². The van der Waals surface area contributed by atoms with E-state index >= 15 is 0 Å². The summed E-state index contributed by atoms with van der Waals surface area (Å²) in [6.45, 7) is 8.12. The first kappa shape index (κ1) is 16.5. The van der Waals surface area contributed by atoms with E-state index in [1.54, 1.807) is 4.90 Å². The summed E-state index contributed by atoms with van der Waals surface area (Å²) in [5.41, 5.74) is 8.04. The van der Waals surface area contributed by atoms with Gasteiger partial charge in [-0.1, -0.05) is 0 Å². The molecule has 0 aromatic heterocycles. The fourth-order valence-corrected chi connectivity index (χ4v) is 3.20. The maximum atomic E-state index is 12.3. The molecule has 0 aliphatic carbocycles. The van der Waals surface area contributed by atoms with Crippen molar-refractivity contribution >= 4 is 23.2 Å². The van der Waals surface area contributed by atoms with Crippen LogP contribution >= 0.6 is 0 Å². The molecule has 2 heterocycles. The molecule has 3 N–H and O–H groups in total. The number of carbonyl (C=O) groups is 1. The summed E-state index contributed by atoms with van der Waals surface area (Å²) in [5, 5.41) is 3.11. The minimum atomic E-state index is -0.483. The lowest BCUT2D eigenvalue weighted by Gasteiger charge is -2.45. The van der Waals surface area contributed by atoms with Crippen molar-refractivity contribution in [3.05, 3.63) is 12.1 Å². The largest absolute Gasteiger partial charge is 0.487 e. The number of hydrogen-bond acceptors (Lipinski definition) is 6. The van der Waals surface area contributed by atoms with E-state index in [0.29, 0.717) is 25.4 Å². The fourth-order valence-electron chi connectivity index (χ4n) is 3.20. The molecule has 0 bridgehead atoms. The van der Waals surface area contributed by atoms with Crippen molar-refractivity contribution in [3.63, 3.8) is 0 Å². The van der Waals surface area contributed by atoms with Crippen molar-refractivity contribution in [1.82, 2.24) is 4.90 Å². The smallest absolute Gasteiger partial charge is 0.410 e. The first-order valence-corrected chi connectivity index (χ1v) is 8.28. The Morgan fingerprint density at radius 2 is 2.12 bits per heavy atom. The summed E-state index contributed by atoms with van der Waals surface area (Å²) in [6.07, 6.45) is -0.263. The average molecular weight is 334 g/mol. The normalized spacial score (nSPS) is 19.9. The van der Waals surface area contributed by atoms with Crippen LogP contribution in [-0.2, 0) is 4.74 Å². The standard InChI is InChI=1S/C17H26N4O3/c1-17(2,3)24-16(22)20-7-8-21-11(9-20)10-23-15-13(21)6-5-12(18)14(15)19-4/h5-6,11,19H,7-10,18H2,1-4H3/t11-/m0/s1. The highest BCUT2D eigenvalue weighted by atomic mass is 16.6. The fraction of sp³-hybridized carbons (Fsp3) is 0.588. The van der Waals surface area contributed by atoms with Crippen LogP contribution in [0.5, 0.6) is 5.75 Å². The van der Waals surface area contributed by atoms with E-state index in [4.69, 9.17) is 15.2 Å². The number of nitrogens with zero attached hydrogens (tertiary/aromatic N) is 2. The molecule has 1 atom stereocenters. The zero-order valence-corrected chi connectivity index (χ0v) is 14.8. The third kappa shape index (κ3) is 3.02. The molecule has 0 radical (unpaired) electrons. The molecule has 1 amide bonds. The van der Waals surface area contributed by atoms with Crippen LogP contribution in [0.15, 0.2) is 12.1 Å². The van der Waals surface area contributed by atoms with Crippen LogP contribution in [0.25, 0.3) is 0 Å². The third-order valence-corrected chi connectivity index (χ3v) is 4.28. The lowest BCUT2D eigenvalue weighted by Crippen LogP contribution is -2.59. The van der Waals surface area contributed by atoms with Gasteiger partial charge in [-0.2, -0.15) is 0 Å². The minimum Gasteiger partial charge on any atom is -0.487 e. The van der Waals surface area contributed by atoms with E-state index in [1.807, 2.05) is 40.0 Å². The van der Waals surface area contributed by atoms with Gasteiger partial charge in [0.2, 0.25) is 0 Å². The number of anilines is 3. The second-order valence-corrected chi connectivity index (χ2v) is 7.21. The van der Waals surface area contributed by atoms with Gasteiger partial charge in [-0.05, 0) is 32.9 Å². The molecule has 24 heavy (non-hydrogen) atoms. The van der Waals surface area contributed by atoms with Crippen LogP contribution in [-0.4, -0.2) is 55.9 Å². The Bertz CT molecular complexity index is 641. The second kappa shape index (κ2) is 5.96. The molecule has 1 aromatic rings. The van der Waals surface area contributed by atoms with Crippen LogP contribution in [0.2, 0.25) is 0 Å². The van der Waals surface area contributed by atoms with E-state index in [0.717, 1.165) is 23.7 Å². The Kier molecular flexibility index (Phi) is 4.11. The predicted molar refractivity (Wildman–Crippen MR) is 94.8 cm³/mol. The number of amides is 1. The van der Waals surface area contributed by atoms with Crippen molar-refractivity contribution in [2.24, 2.45) is 0 Å². The van der Waals surface area contributed by atoms with Gasteiger partial charge >= 0.3 is 6.09 Å². The first-order valence-electron chi connectivity index (χ1n) is 8.28. The SMILES string of the molecule is CNc1c(N)ccc2c1OC[C@@H]1CN(C(=O)OC(C)(C)C)CCN21. The number of nitrogen functional groups attached to an aromatic ring is 1. The minimum absolute atomic E-state index is 0.118. The van der Waals surface area contributed by atoms with Crippen molar-refractivity contribution in [1.29, 1.82) is 0 Å². The van der Waals surface area contributed by atoms with Crippen LogP contribution in [0.3, 0.4) is 0 Å². The van der Waals surface area contributed by atoms with Gasteiger partial charge in [0.05, 0.1) is 17.4 Å². The van der Waals surface area contributed by atoms with E-state index in [9.17, 15) is 4.79 Å². The molecule has 1 saturated heterocycles. The van der Waals surface area contributed by atoms with Gasteiger partial charge in [-0.25, -0.2) is 4.79 Å². The zero-order chi connectivity index (χ0) is 17.5. The van der Waals surface area contributed by atoms with Gasteiger partial charge in [0, 0.05) is 26.7 Å². The zero-order valence-electron chi connectivity index (χ0n) is 14.8. The summed E-state index contributed by atoms with van der Waals surface area (Å²) in [6, 6.07) is 3.99. The maximum absolute atomic E-state index is 12.3. The molecule has 1 aromatic carbocycles. The van der Waals surface area contributed by atoms with Crippen LogP contribution in [0.4, 0.5) is 21.9 Å². The monoisotopic (exact) mass is 334 g/mol. The molecule has 2 aliphatic rings. The molecule has 7 nitrogen and oxygen atoms in total. The number of piperazine rings is 1. The summed E-state index contributed by atoms with van der Waals surface area (Å²) in [5.74, 6) is 0.791. The van der Waals surface area contributed by atoms with E-state index in [2.05, 4.69) is 10.2 Å². The first-order chi connectivity index (χ1) is 11.3. The van der Waals surface area contributed by atoms with Gasteiger partial charge < -0.3 is 30.3 Å². The molecular formula is C17H26N4O3. The summed E-state index contributed by atoms with van der Waals surface area (Å²) < 4.78 is 11.4. The molecule has 3 rings (SSSR count). The summed E-state index contributed by atoms with van der Waals surface area (Å²) in [7, 11) is 1.84. The van der Waals surface area contributed by atoms with Crippen LogP contribution < -0.4 is 20.7 Å². The molecule has 1 fully saturated rings. The number of fused-ring (bicyclic) bond motifs is 3. The highest BCUT2D eigenvalue weighted by Crippen LogP contribution is 2.43. The molecular weight excluding hydrogens is 308 g/mol. The Labute approximate surface area is 142 Å². The molecule has 0 unspecified atom stereocenters. The van der Waals surface area contributed by atoms with E-state index in [1.165, 1.54) is 0 Å². The lowest BCUT2D eigenvalue weighted by molar-refractivity contribution is 0.0195. The number of benzene rings is 1. The highest BCUT2D eigenvalue weighted by molar-refractivity contribution is 5.83. The topological polar surface area (TPSA) is 80.1 Å². The maximum Gasteiger partial charge on any atom is 0.410 e. The van der Waals surface area contributed by atoms with Gasteiger partial charge in [0.15, 0.2) is 5.75 Å². The molecule has 0 saturated carbocycles. The van der Waals surface area contributed by atoms with Crippen molar-refractivity contribution in [2.45, 2.75) is 32.4 Å². The highest BCUT2D eigenvalue weighted by Gasteiger charge is 2.37. The predicted octanol–water partition coefficient (Wildman–Crippen LogP) is 2.13. The van der Waals surface area contributed by atoms with Gasteiger partial charge in [-0.15, -0.1) is 0 Å². The number of nitrogens with one attached hydrogen (secondary N) is 1. The Hall–Kier alpha value is -2.31. The van der Waals surface area contributed by atoms with Crippen LogP contribution in [0, 0.1) is 0 Å². The molecule has 2 aliphatic heterocycles. The number of nitrogens with two attached hydrogens (primary N) is 1. The van der Waals surface area contributed by atoms with Gasteiger partial charge in [-0.3, -0.25) is 0 Å². The summed E-state index contributed by atoms with van der Waals surface area (Å²) >= 11 is 0. The summed E-state index contributed by atoms with van der Waals surface area (Å²) in [4.78, 5) is 16.3. The lowest BCUT2D eigenvalue weighted by atomic mass is 10.1. The van der Waals surface area contributed by atoms with Crippen molar-refractivity contribution in [3.8, 4) is 5.75 Å². The average Bonchev–Trinajstić information content (AvgIpc) is 2.52. The number of rotatable bonds is 1. The Morgan fingerprint density at radius 1 is 1.38 bits per heavy atom. The number of hydrogen-bond donors (Lipinski definition) is 2. The van der Waals surface area contributed by atoms with E-state index < -0.39 is 5.60 Å². The van der Waals surface area contributed by atoms with E-state index in [-0.39, 0.29) is 12.1 Å². The quantitative estimate of drug-likeness (QED) is 0.766. The Balaban J connectivity index is 1.77. The third-order valence-electron chi connectivity index (χ3n) is 4.28. The molecule has 132 valence electrons. The Morgan fingerprint density at radius 3 is 2.79 bits per heavy atom. The van der Waals surface area contributed by atoms with Gasteiger partial charge in [0.1, 0.15) is 17.9 Å². The number of ether oxygens (including phenoxy) is 2. The van der Waals surface area contributed by atoms with Crippen molar-refractivity contribution in [2.75, 3.05) is 49.2 Å². The number of carbonyl (C=O) groups excluding carboxylic acids is 1.